The topological polar surface area (TPSA) is 46.2 Å². The van der Waals surface area contributed by atoms with E-state index in [0.29, 0.717) is 12.8 Å². The maximum absolute atomic E-state index is 10.3. The van der Waals surface area contributed by atoms with Crippen molar-refractivity contribution in [3.05, 3.63) is 0 Å². The Morgan fingerprint density at radius 1 is 1.67 bits per heavy atom. The van der Waals surface area contributed by atoms with Gasteiger partial charge in [0, 0.05) is 25.8 Å². The second-order valence-electron chi connectivity index (χ2n) is 2.34. The highest BCUT2D eigenvalue weighted by Crippen LogP contribution is 2.13. The highest BCUT2D eigenvalue weighted by atomic mass is 16.2. The number of Topliss-reactive ketones (excluding diaryl/α,β-unsaturated/α-hetero) is 1. The van der Waals surface area contributed by atoms with Crippen LogP contribution in [-0.4, -0.2) is 17.7 Å². The molecule has 1 fully saturated rings. The summed E-state index contributed by atoms with van der Waals surface area (Å²) >= 11 is 0. The summed E-state index contributed by atoms with van der Waals surface area (Å²) in [5.41, 5.74) is 0. The summed E-state index contributed by atoms with van der Waals surface area (Å²) in [6.07, 6.45) is 1.05. The van der Waals surface area contributed by atoms with Crippen molar-refractivity contribution in [2.75, 3.05) is 0 Å². The molecule has 0 aliphatic heterocycles. The molecule has 1 rings (SSSR count). The van der Waals surface area contributed by atoms with Gasteiger partial charge in [0.2, 0.25) is 5.91 Å². The van der Waals surface area contributed by atoms with E-state index in [9.17, 15) is 9.59 Å². The predicted octanol–water partition coefficient (Wildman–Crippen LogP) is -0.146. The molecule has 0 bridgehead atoms. The number of ketones is 1. The molecule has 1 aliphatic carbocycles. The maximum atomic E-state index is 10.3. The van der Waals surface area contributed by atoms with Crippen molar-refractivity contribution in [2.24, 2.45) is 0 Å². The van der Waals surface area contributed by atoms with Gasteiger partial charge >= 0.3 is 0 Å². The van der Waals surface area contributed by atoms with Crippen molar-refractivity contribution < 1.29 is 9.59 Å². The first-order valence-corrected chi connectivity index (χ1v) is 2.97. The van der Waals surface area contributed by atoms with Gasteiger partial charge in [-0.3, -0.25) is 9.59 Å². The fourth-order valence-electron chi connectivity index (χ4n) is 0.879. The number of rotatable bonds is 1. The molecule has 0 radical (unpaired) electrons. The quantitative estimate of drug-likeness (QED) is 0.532. The fourth-order valence-corrected chi connectivity index (χ4v) is 0.879. The number of carbonyl (C=O) groups is 2. The van der Waals surface area contributed by atoms with Gasteiger partial charge in [0.05, 0.1) is 0 Å². The summed E-state index contributed by atoms with van der Waals surface area (Å²) in [6.45, 7) is 1.46. The molecule has 1 N–H and O–H groups in total. The van der Waals surface area contributed by atoms with E-state index in [1.165, 1.54) is 6.92 Å². The van der Waals surface area contributed by atoms with Crippen LogP contribution in [-0.2, 0) is 9.59 Å². The average molecular weight is 127 g/mol. The second kappa shape index (κ2) is 2.17. The summed E-state index contributed by atoms with van der Waals surface area (Å²) in [4.78, 5) is 20.7. The largest absolute Gasteiger partial charge is 0.353 e. The minimum absolute atomic E-state index is 0.0486. The molecule has 3 heteroatoms. The third-order valence-electron chi connectivity index (χ3n) is 1.36. The maximum Gasteiger partial charge on any atom is 0.217 e. The number of nitrogens with one attached hydrogen (secondary N) is 1. The number of hydrogen-bond donors (Lipinski definition) is 1. The Balaban J connectivity index is 2.18. The van der Waals surface area contributed by atoms with Crippen LogP contribution in [0.25, 0.3) is 0 Å². The van der Waals surface area contributed by atoms with Crippen LogP contribution in [0.5, 0.6) is 0 Å². The van der Waals surface area contributed by atoms with E-state index in [2.05, 4.69) is 5.32 Å². The normalized spacial score (nSPS) is 19.0. The molecule has 0 unspecified atom stereocenters. The first-order chi connectivity index (χ1) is 4.18. The lowest BCUT2D eigenvalue weighted by molar-refractivity contribution is -0.127. The first kappa shape index (κ1) is 6.26. The smallest absolute Gasteiger partial charge is 0.217 e. The predicted molar refractivity (Wildman–Crippen MR) is 31.8 cm³/mol. The van der Waals surface area contributed by atoms with E-state index in [4.69, 9.17) is 0 Å². The van der Waals surface area contributed by atoms with Crippen LogP contribution in [0.1, 0.15) is 19.8 Å². The van der Waals surface area contributed by atoms with Gasteiger partial charge < -0.3 is 5.32 Å². The molecule has 0 aromatic carbocycles. The van der Waals surface area contributed by atoms with Gasteiger partial charge in [0.15, 0.2) is 0 Å². The highest BCUT2D eigenvalue weighted by Gasteiger charge is 2.26. The van der Waals surface area contributed by atoms with E-state index < -0.39 is 0 Å². The van der Waals surface area contributed by atoms with Crippen molar-refractivity contribution in [1.29, 1.82) is 0 Å². The molecule has 1 aliphatic rings. The Labute approximate surface area is 53.4 Å². The SMILES string of the molecule is CC(=O)NC1CC(=O)C1. The number of carbonyl (C=O) groups excluding carboxylic acids is 2. The van der Waals surface area contributed by atoms with Gasteiger partial charge in [-0.2, -0.15) is 0 Å². The Kier molecular flexibility index (Phi) is 1.51. The molecule has 0 saturated heterocycles. The van der Waals surface area contributed by atoms with Crippen LogP contribution < -0.4 is 5.32 Å². The molecule has 3 nitrogen and oxygen atoms in total. The van der Waals surface area contributed by atoms with Crippen molar-refractivity contribution in [3.8, 4) is 0 Å². The van der Waals surface area contributed by atoms with E-state index in [1.54, 1.807) is 0 Å². The third kappa shape index (κ3) is 1.52. The molecule has 9 heavy (non-hydrogen) atoms. The van der Waals surface area contributed by atoms with Crippen LogP contribution in [0.2, 0.25) is 0 Å². The van der Waals surface area contributed by atoms with Crippen LogP contribution in [0.15, 0.2) is 0 Å². The molecular weight excluding hydrogens is 118 g/mol. The van der Waals surface area contributed by atoms with Crippen LogP contribution in [0.4, 0.5) is 0 Å². The van der Waals surface area contributed by atoms with Crippen LogP contribution >= 0.6 is 0 Å². The van der Waals surface area contributed by atoms with Crippen molar-refractivity contribution in [1.82, 2.24) is 5.32 Å². The Hall–Kier alpha value is -0.860. The third-order valence-corrected chi connectivity index (χ3v) is 1.36. The molecule has 0 atom stereocenters. The molecule has 50 valence electrons. The molecule has 0 heterocycles. The van der Waals surface area contributed by atoms with Gasteiger partial charge in [-0.1, -0.05) is 0 Å². The summed E-state index contributed by atoms with van der Waals surface area (Å²) in [5, 5.41) is 2.65. The summed E-state index contributed by atoms with van der Waals surface area (Å²) in [6, 6.07) is 0.134. The molecule has 0 aromatic rings. The van der Waals surface area contributed by atoms with E-state index in [-0.39, 0.29) is 17.7 Å². The zero-order valence-corrected chi connectivity index (χ0v) is 5.31. The van der Waals surface area contributed by atoms with Crippen molar-refractivity contribution >= 4 is 11.7 Å². The first-order valence-electron chi connectivity index (χ1n) is 2.97. The van der Waals surface area contributed by atoms with Gasteiger partial charge in [0.25, 0.3) is 0 Å². The van der Waals surface area contributed by atoms with E-state index in [1.807, 2.05) is 0 Å². The summed E-state index contributed by atoms with van der Waals surface area (Å²) in [5.74, 6) is 0.196. The standard InChI is InChI=1S/C6H9NO2/c1-4(8)7-5-2-6(9)3-5/h5H,2-3H2,1H3,(H,7,8). The zero-order chi connectivity index (χ0) is 6.85. The van der Waals surface area contributed by atoms with Gasteiger partial charge in [-0.25, -0.2) is 0 Å². The van der Waals surface area contributed by atoms with E-state index in [0.717, 1.165) is 0 Å². The number of hydrogen-bond acceptors (Lipinski definition) is 2. The lowest BCUT2D eigenvalue weighted by atomic mass is 9.91. The second-order valence-corrected chi connectivity index (χ2v) is 2.34. The lowest BCUT2D eigenvalue weighted by Gasteiger charge is -2.24. The minimum Gasteiger partial charge on any atom is -0.353 e. The van der Waals surface area contributed by atoms with Crippen LogP contribution in [0.3, 0.4) is 0 Å². The van der Waals surface area contributed by atoms with Gasteiger partial charge in [-0.15, -0.1) is 0 Å². The molecule has 0 aromatic heterocycles. The molecule has 0 spiro atoms. The summed E-state index contributed by atoms with van der Waals surface area (Å²) < 4.78 is 0. The average Bonchev–Trinajstić information content (AvgIpc) is 1.60. The van der Waals surface area contributed by atoms with Gasteiger partial charge in [0.1, 0.15) is 5.78 Å². The zero-order valence-electron chi connectivity index (χ0n) is 5.31. The monoisotopic (exact) mass is 127 g/mol. The van der Waals surface area contributed by atoms with Crippen molar-refractivity contribution in [3.63, 3.8) is 0 Å². The fraction of sp³-hybridized carbons (Fsp3) is 0.667. The Morgan fingerprint density at radius 2 is 2.22 bits per heavy atom. The summed E-state index contributed by atoms with van der Waals surface area (Å²) in [7, 11) is 0. The minimum atomic E-state index is -0.0486. The Morgan fingerprint density at radius 3 is 2.56 bits per heavy atom. The lowest BCUT2D eigenvalue weighted by Crippen LogP contribution is -2.43. The molecule has 1 saturated carbocycles. The van der Waals surface area contributed by atoms with Gasteiger partial charge in [-0.05, 0) is 0 Å². The Bertz CT molecular complexity index is 145. The highest BCUT2D eigenvalue weighted by molar-refractivity contribution is 5.87. The van der Waals surface area contributed by atoms with Crippen LogP contribution in [0, 0.1) is 0 Å². The number of amides is 1. The van der Waals surface area contributed by atoms with Crippen molar-refractivity contribution in [2.45, 2.75) is 25.8 Å². The van der Waals surface area contributed by atoms with E-state index >= 15 is 0 Å². The molecule has 1 amide bonds. The molecular formula is C6H9NO2.